The van der Waals surface area contributed by atoms with E-state index in [0.717, 1.165) is 0 Å². The summed E-state index contributed by atoms with van der Waals surface area (Å²) in [5.74, 6) is -0.800. The van der Waals surface area contributed by atoms with Crippen molar-refractivity contribution in [1.29, 1.82) is 0 Å². The minimum Gasteiger partial charge on any atom is -0.396 e. The van der Waals surface area contributed by atoms with Crippen LogP contribution in [0.25, 0.3) is 0 Å². The molecule has 0 aromatic heterocycles. The van der Waals surface area contributed by atoms with E-state index in [-0.39, 0.29) is 32.4 Å². The van der Waals surface area contributed by atoms with E-state index in [9.17, 15) is 35.4 Å². The molecule has 17 N–H and O–H groups in total. The maximum atomic E-state index is 12.9. The molecule has 43 heavy (non-hydrogen) atoms. The minimum absolute atomic E-state index is 0.00201. The van der Waals surface area contributed by atoms with Crippen LogP contribution in [0.1, 0.15) is 25.7 Å². The summed E-state index contributed by atoms with van der Waals surface area (Å²) in [6.45, 7) is 0.0933. The topological polar surface area (TPSA) is 324 Å². The Balaban J connectivity index is 1.51. The van der Waals surface area contributed by atoms with Gasteiger partial charge in [0.1, 0.15) is 36.6 Å². The van der Waals surface area contributed by atoms with E-state index in [4.69, 9.17) is 47.0 Å². The van der Waals surface area contributed by atoms with E-state index < -0.39 is 110 Å². The SMILES string of the molecule is NC1CC(O)C(CNCCCO)OC1OC1C(N)CC(NC(=O)C2(O)CC2N)C(OC2OC(CO)C(O)C(N)C2O)C1O. The van der Waals surface area contributed by atoms with Gasteiger partial charge in [-0.2, -0.15) is 0 Å². The summed E-state index contributed by atoms with van der Waals surface area (Å²) in [5, 5.41) is 77.6. The number of ether oxygens (including phenoxy) is 4. The average molecular weight is 625 g/mol. The lowest BCUT2D eigenvalue weighted by Gasteiger charge is -2.48. The first-order valence-electron chi connectivity index (χ1n) is 14.6. The van der Waals surface area contributed by atoms with Crippen LogP contribution in [0.5, 0.6) is 0 Å². The lowest BCUT2D eigenvalue weighted by molar-refractivity contribution is -0.316. The Bertz CT molecular complexity index is 926. The maximum absolute atomic E-state index is 12.9. The first-order chi connectivity index (χ1) is 20.3. The highest BCUT2D eigenvalue weighted by atomic mass is 16.7. The van der Waals surface area contributed by atoms with Gasteiger partial charge in [0.05, 0.1) is 36.9 Å². The maximum Gasteiger partial charge on any atom is 0.253 e. The third-order valence-electron chi connectivity index (χ3n) is 8.69. The molecule has 18 nitrogen and oxygen atoms in total. The van der Waals surface area contributed by atoms with Crippen molar-refractivity contribution < 1.29 is 59.5 Å². The predicted octanol–water partition coefficient (Wildman–Crippen LogP) is -7.66. The number of rotatable bonds is 12. The molecule has 2 saturated carbocycles. The molecule has 4 rings (SSSR count). The Morgan fingerprint density at radius 2 is 1.53 bits per heavy atom. The molecule has 2 saturated heterocycles. The summed E-state index contributed by atoms with van der Waals surface area (Å²) in [7, 11) is 0. The number of amides is 1. The summed E-state index contributed by atoms with van der Waals surface area (Å²) >= 11 is 0. The van der Waals surface area contributed by atoms with E-state index in [1.807, 2.05) is 0 Å². The van der Waals surface area contributed by atoms with Gasteiger partial charge in [0, 0.05) is 31.7 Å². The van der Waals surface area contributed by atoms with E-state index in [1.54, 1.807) is 0 Å². The third kappa shape index (κ3) is 7.63. The van der Waals surface area contributed by atoms with Crippen LogP contribution in [0.15, 0.2) is 0 Å². The van der Waals surface area contributed by atoms with Crippen molar-refractivity contribution in [2.45, 2.75) is 123 Å². The second-order valence-electron chi connectivity index (χ2n) is 12.0. The monoisotopic (exact) mass is 624 g/mol. The Hall–Kier alpha value is -1.17. The largest absolute Gasteiger partial charge is 0.396 e. The number of hydrogen-bond acceptors (Lipinski definition) is 17. The fourth-order valence-corrected chi connectivity index (χ4v) is 5.78. The number of nitrogens with one attached hydrogen (secondary N) is 2. The molecule has 250 valence electrons. The van der Waals surface area contributed by atoms with Gasteiger partial charge in [0.2, 0.25) is 0 Å². The van der Waals surface area contributed by atoms with Gasteiger partial charge in [0.15, 0.2) is 18.2 Å². The Morgan fingerprint density at radius 3 is 2.16 bits per heavy atom. The zero-order chi connectivity index (χ0) is 31.6. The molecule has 0 bridgehead atoms. The molecule has 1 amide bonds. The van der Waals surface area contributed by atoms with Crippen molar-refractivity contribution >= 4 is 5.91 Å². The molecule has 0 radical (unpaired) electrons. The van der Waals surface area contributed by atoms with Crippen LogP contribution in [0.4, 0.5) is 0 Å². The molecule has 16 atom stereocenters. The van der Waals surface area contributed by atoms with Crippen molar-refractivity contribution in [3.05, 3.63) is 0 Å². The van der Waals surface area contributed by atoms with Crippen molar-refractivity contribution in [2.75, 3.05) is 26.3 Å². The second-order valence-corrected chi connectivity index (χ2v) is 12.0. The number of nitrogens with two attached hydrogens (primary N) is 4. The van der Waals surface area contributed by atoms with Gasteiger partial charge in [-0.25, -0.2) is 0 Å². The highest BCUT2D eigenvalue weighted by Crippen LogP contribution is 2.36. The van der Waals surface area contributed by atoms with Crippen LogP contribution in [0, 0.1) is 0 Å². The van der Waals surface area contributed by atoms with E-state index >= 15 is 0 Å². The third-order valence-corrected chi connectivity index (χ3v) is 8.69. The van der Waals surface area contributed by atoms with Crippen molar-refractivity contribution in [3.8, 4) is 0 Å². The van der Waals surface area contributed by atoms with E-state index in [0.29, 0.717) is 13.0 Å². The van der Waals surface area contributed by atoms with Gasteiger partial charge >= 0.3 is 0 Å². The number of carbonyl (C=O) groups excluding carboxylic acids is 1. The molecule has 18 heteroatoms. The van der Waals surface area contributed by atoms with Crippen molar-refractivity contribution in [1.82, 2.24) is 10.6 Å². The van der Waals surface area contributed by atoms with Gasteiger partial charge in [-0.05, 0) is 25.8 Å². The molecule has 16 unspecified atom stereocenters. The lowest BCUT2D eigenvalue weighted by atomic mass is 9.83. The summed E-state index contributed by atoms with van der Waals surface area (Å²) in [6.07, 6.45) is -12.0. The van der Waals surface area contributed by atoms with Gasteiger partial charge in [0.25, 0.3) is 5.91 Å². The molecule has 0 spiro atoms. The number of aliphatic hydroxyl groups excluding tert-OH is 6. The molecule has 2 aliphatic carbocycles. The Morgan fingerprint density at radius 1 is 0.884 bits per heavy atom. The molecule has 0 aromatic carbocycles. The first-order valence-corrected chi connectivity index (χ1v) is 14.6. The number of hydrogen-bond donors (Lipinski definition) is 13. The lowest BCUT2D eigenvalue weighted by Crippen LogP contribution is -2.69. The normalized spacial score (nSPS) is 48.6. The molecule has 4 aliphatic rings. The molecule has 4 fully saturated rings. The molecule has 0 aromatic rings. The quantitative estimate of drug-likeness (QED) is 0.0896. The standard InChI is InChI=1S/C25H48N6O12/c26-9-4-11(31-24(38)25(39)6-15(25)28)21(43-23-18(36)16(29)17(35)14(8-33)41-23)19(37)20(9)42-22-10(27)5-12(34)13(40-22)7-30-2-1-3-32/h9-23,30,32-37,39H,1-8,26-29H2,(H,31,38). The molecule has 2 heterocycles. The first kappa shape index (κ1) is 34.7. The van der Waals surface area contributed by atoms with Crippen LogP contribution in [-0.2, 0) is 23.7 Å². The fraction of sp³-hybridized carbons (Fsp3) is 0.960. The van der Waals surface area contributed by atoms with Gasteiger partial charge in [-0.3, -0.25) is 4.79 Å². The van der Waals surface area contributed by atoms with Gasteiger partial charge in [-0.15, -0.1) is 0 Å². The fourth-order valence-electron chi connectivity index (χ4n) is 5.78. The number of aliphatic hydroxyl groups is 7. The smallest absolute Gasteiger partial charge is 0.253 e. The second kappa shape index (κ2) is 14.5. The summed E-state index contributed by atoms with van der Waals surface area (Å²) in [5.41, 5.74) is 22.4. The van der Waals surface area contributed by atoms with Crippen molar-refractivity contribution in [2.24, 2.45) is 22.9 Å². The predicted molar refractivity (Wildman–Crippen MR) is 145 cm³/mol. The van der Waals surface area contributed by atoms with Crippen molar-refractivity contribution in [3.63, 3.8) is 0 Å². The van der Waals surface area contributed by atoms with Crippen LogP contribution in [-0.4, -0.2) is 165 Å². The average Bonchev–Trinajstić information content (AvgIpc) is 3.59. The molecular weight excluding hydrogens is 576 g/mol. The molecule has 2 aliphatic heterocycles. The van der Waals surface area contributed by atoms with Crippen LogP contribution >= 0.6 is 0 Å². The van der Waals surface area contributed by atoms with E-state index in [1.165, 1.54) is 0 Å². The highest BCUT2D eigenvalue weighted by Gasteiger charge is 2.59. The Kier molecular flexibility index (Phi) is 11.7. The van der Waals surface area contributed by atoms with Crippen LogP contribution in [0.3, 0.4) is 0 Å². The van der Waals surface area contributed by atoms with Crippen LogP contribution in [0.2, 0.25) is 0 Å². The summed E-state index contributed by atoms with van der Waals surface area (Å²) in [6, 6.07) is -4.79. The number of carbonyl (C=O) groups is 1. The highest BCUT2D eigenvalue weighted by molar-refractivity contribution is 5.89. The summed E-state index contributed by atoms with van der Waals surface area (Å²) in [4.78, 5) is 12.9. The molecular formula is C25H48N6O12. The van der Waals surface area contributed by atoms with Gasteiger partial charge in [-0.1, -0.05) is 0 Å². The van der Waals surface area contributed by atoms with Gasteiger partial charge < -0.3 is 88.3 Å². The zero-order valence-electron chi connectivity index (χ0n) is 23.8. The van der Waals surface area contributed by atoms with E-state index in [2.05, 4.69) is 10.6 Å². The zero-order valence-corrected chi connectivity index (χ0v) is 23.8. The Labute approximate surface area is 248 Å². The van der Waals surface area contributed by atoms with Crippen LogP contribution < -0.4 is 33.6 Å². The summed E-state index contributed by atoms with van der Waals surface area (Å²) < 4.78 is 23.5. The minimum atomic E-state index is -1.80.